The van der Waals surface area contributed by atoms with Crippen molar-refractivity contribution in [2.24, 2.45) is 0 Å². The van der Waals surface area contributed by atoms with Crippen LogP contribution in [0.25, 0.3) is 0 Å². The summed E-state index contributed by atoms with van der Waals surface area (Å²) >= 11 is 0. The van der Waals surface area contributed by atoms with Crippen LogP contribution < -0.4 is 0 Å². The first kappa shape index (κ1) is 45.1. The summed E-state index contributed by atoms with van der Waals surface area (Å²) in [7, 11) is 0. The normalized spacial score (nSPS) is 13.0. The molecular formula is C43H76O4. The van der Waals surface area contributed by atoms with E-state index in [-0.39, 0.29) is 19.2 Å². The topological polar surface area (TPSA) is 55.8 Å². The van der Waals surface area contributed by atoms with Gasteiger partial charge in [0.1, 0.15) is 6.10 Å². The SMILES string of the molecule is CC/C=C\C/C=C\C/C=C\C/C=C\C/C=C\CCOCC(CO)OC(=O)CCCCCCCCCCCCCCCCCCCCC. The van der Waals surface area contributed by atoms with E-state index in [0.29, 0.717) is 13.0 Å². The summed E-state index contributed by atoms with van der Waals surface area (Å²) in [6.45, 7) is 5.03. The third-order valence-electron chi connectivity index (χ3n) is 8.38. The number of aliphatic hydroxyl groups excluding tert-OH is 1. The molecular weight excluding hydrogens is 580 g/mol. The maximum Gasteiger partial charge on any atom is 0.306 e. The molecule has 0 aliphatic heterocycles. The number of esters is 1. The number of hydrogen-bond donors (Lipinski definition) is 1. The fraction of sp³-hybridized carbons (Fsp3) is 0.744. The molecule has 4 heteroatoms. The molecule has 0 bridgehead atoms. The monoisotopic (exact) mass is 657 g/mol. The molecule has 0 spiro atoms. The zero-order valence-electron chi connectivity index (χ0n) is 31.0. The van der Waals surface area contributed by atoms with Gasteiger partial charge in [-0.25, -0.2) is 0 Å². The lowest BCUT2D eigenvalue weighted by Crippen LogP contribution is -2.27. The summed E-state index contributed by atoms with van der Waals surface area (Å²) in [5, 5.41) is 9.56. The maximum atomic E-state index is 12.2. The van der Waals surface area contributed by atoms with E-state index in [9.17, 15) is 9.90 Å². The molecule has 0 heterocycles. The van der Waals surface area contributed by atoms with E-state index in [2.05, 4.69) is 74.6 Å². The summed E-state index contributed by atoms with van der Waals surface area (Å²) < 4.78 is 11.0. The van der Waals surface area contributed by atoms with E-state index in [1.165, 1.54) is 109 Å². The van der Waals surface area contributed by atoms with Crippen LogP contribution in [-0.2, 0) is 14.3 Å². The van der Waals surface area contributed by atoms with Crippen LogP contribution >= 0.6 is 0 Å². The molecule has 4 nitrogen and oxygen atoms in total. The third kappa shape index (κ3) is 38.4. The van der Waals surface area contributed by atoms with E-state index >= 15 is 0 Å². The van der Waals surface area contributed by atoms with Gasteiger partial charge in [-0.15, -0.1) is 0 Å². The summed E-state index contributed by atoms with van der Waals surface area (Å²) in [5.41, 5.74) is 0. The summed E-state index contributed by atoms with van der Waals surface area (Å²) in [5.74, 6) is -0.225. The van der Waals surface area contributed by atoms with Crippen molar-refractivity contribution in [3.05, 3.63) is 60.8 Å². The van der Waals surface area contributed by atoms with E-state index in [4.69, 9.17) is 9.47 Å². The molecule has 0 aromatic rings. The van der Waals surface area contributed by atoms with Gasteiger partial charge >= 0.3 is 5.97 Å². The van der Waals surface area contributed by atoms with Crippen molar-refractivity contribution in [2.45, 2.75) is 187 Å². The molecule has 0 fully saturated rings. The Bertz CT molecular complexity index is 779. The van der Waals surface area contributed by atoms with E-state index in [1.54, 1.807) is 0 Å². The van der Waals surface area contributed by atoms with Crippen molar-refractivity contribution in [2.75, 3.05) is 19.8 Å². The summed E-state index contributed by atoms with van der Waals surface area (Å²) in [6.07, 6.45) is 52.9. The second-order valence-electron chi connectivity index (χ2n) is 13.0. The zero-order valence-corrected chi connectivity index (χ0v) is 31.0. The van der Waals surface area contributed by atoms with Gasteiger partial charge in [0.05, 0.1) is 19.8 Å². The van der Waals surface area contributed by atoms with Crippen molar-refractivity contribution >= 4 is 5.97 Å². The van der Waals surface area contributed by atoms with Crippen molar-refractivity contribution in [3.8, 4) is 0 Å². The standard InChI is InChI=1S/C43H76O4/c1-3-5-7-9-11-13-15-17-19-21-22-23-24-26-28-30-32-34-36-38-43(45)47-42(40-44)41-46-39-37-35-33-31-29-27-25-20-18-16-14-12-10-8-6-4-2/h6,8,12,14,18,20,27,29,33,35,42,44H,3-5,7,9-11,13,15-17,19,21-26,28,30-32,34,36-41H2,1-2H3/b8-6-,14-12-,20-18-,29-27-,35-33-. The van der Waals surface area contributed by atoms with Gasteiger partial charge in [0.2, 0.25) is 0 Å². The molecule has 0 aromatic heterocycles. The summed E-state index contributed by atoms with van der Waals surface area (Å²) in [6, 6.07) is 0. The van der Waals surface area contributed by atoms with Crippen LogP contribution in [0.2, 0.25) is 0 Å². The van der Waals surface area contributed by atoms with Gasteiger partial charge in [0, 0.05) is 6.42 Å². The van der Waals surface area contributed by atoms with Crippen LogP contribution in [0.4, 0.5) is 0 Å². The van der Waals surface area contributed by atoms with Crippen LogP contribution in [0.15, 0.2) is 60.8 Å². The van der Waals surface area contributed by atoms with E-state index in [0.717, 1.165) is 51.4 Å². The van der Waals surface area contributed by atoms with Crippen molar-refractivity contribution in [1.29, 1.82) is 0 Å². The molecule has 0 radical (unpaired) electrons. The first-order chi connectivity index (χ1) is 23.2. The molecule has 0 rings (SSSR count). The Morgan fingerprint density at radius 1 is 0.532 bits per heavy atom. The van der Waals surface area contributed by atoms with E-state index < -0.39 is 6.10 Å². The number of hydrogen-bond acceptors (Lipinski definition) is 4. The summed E-state index contributed by atoms with van der Waals surface area (Å²) in [4.78, 5) is 12.2. The number of ether oxygens (including phenoxy) is 2. The molecule has 0 saturated heterocycles. The van der Waals surface area contributed by atoms with Gasteiger partial charge in [-0.1, -0.05) is 190 Å². The van der Waals surface area contributed by atoms with Gasteiger partial charge in [-0.05, 0) is 44.9 Å². The molecule has 1 atom stereocenters. The first-order valence-corrected chi connectivity index (χ1v) is 19.9. The predicted molar refractivity (Wildman–Crippen MR) is 205 cm³/mol. The van der Waals surface area contributed by atoms with Gasteiger partial charge in [0.25, 0.3) is 0 Å². The number of carbonyl (C=O) groups excluding carboxylic acids is 1. The Balaban J connectivity index is 3.52. The highest BCUT2D eigenvalue weighted by atomic mass is 16.6. The smallest absolute Gasteiger partial charge is 0.306 e. The second kappa shape index (κ2) is 40.3. The quantitative estimate of drug-likeness (QED) is 0.0414. The van der Waals surface area contributed by atoms with Gasteiger partial charge in [0.15, 0.2) is 0 Å². The molecule has 272 valence electrons. The third-order valence-corrected chi connectivity index (χ3v) is 8.38. The largest absolute Gasteiger partial charge is 0.457 e. The fourth-order valence-electron chi connectivity index (χ4n) is 5.45. The van der Waals surface area contributed by atoms with Crippen LogP contribution in [-0.4, -0.2) is 37.0 Å². The zero-order chi connectivity index (χ0) is 34.1. The second-order valence-corrected chi connectivity index (χ2v) is 13.0. The Morgan fingerprint density at radius 2 is 0.915 bits per heavy atom. The average molecular weight is 657 g/mol. The van der Waals surface area contributed by atoms with Crippen molar-refractivity contribution < 1.29 is 19.4 Å². The van der Waals surface area contributed by atoms with Crippen molar-refractivity contribution in [1.82, 2.24) is 0 Å². The number of unbranched alkanes of at least 4 members (excludes halogenated alkanes) is 18. The molecule has 1 N–H and O–H groups in total. The first-order valence-electron chi connectivity index (χ1n) is 19.9. The Labute approximate surface area is 292 Å². The van der Waals surface area contributed by atoms with E-state index in [1.807, 2.05) is 0 Å². The fourth-order valence-corrected chi connectivity index (χ4v) is 5.45. The van der Waals surface area contributed by atoms with Crippen LogP contribution in [0.1, 0.15) is 181 Å². The van der Waals surface area contributed by atoms with Gasteiger partial charge in [-0.2, -0.15) is 0 Å². The number of aliphatic hydroxyl groups is 1. The molecule has 0 aliphatic carbocycles. The van der Waals surface area contributed by atoms with Crippen LogP contribution in [0, 0.1) is 0 Å². The van der Waals surface area contributed by atoms with Crippen LogP contribution in [0.3, 0.4) is 0 Å². The lowest BCUT2D eigenvalue weighted by molar-refractivity contribution is -0.154. The number of allylic oxidation sites excluding steroid dienone is 9. The van der Waals surface area contributed by atoms with Crippen molar-refractivity contribution in [3.63, 3.8) is 0 Å². The van der Waals surface area contributed by atoms with Gasteiger partial charge in [-0.3, -0.25) is 4.79 Å². The number of rotatable bonds is 36. The highest BCUT2D eigenvalue weighted by Crippen LogP contribution is 2.15. The molecule has 0 aliphatic rings. The number of carbonyl (C=O) groups is 1. The van der Waals surface area contributed by atoms with Gasteiger partial charge < -0.3 is 14.6 Å². The molecule has 0 amide bonds. The molecule has 0 aromatic carbocycles. The minimum atomic E-state index is -0.573. The Hall–Kier alpha value is -1.91. The highest BCUT2D eigenvalue weighted by molar-refractivity contribution is 5.69. The van der Waals surface area contributed by atoms with Crippen LogP contribution in [0.5, 0.6) is 0 Å². The minimum absolute atomic E-state index is 0.202. The highest BCUT2D eigenvalue weighted by Gasteiger charge is 2.13. The molecule has 1 unspecified atom stereocenters. The maximum absolute atomic E-state index is 12.2. The minimum Gasteiger partial charge on any atom is -0.457 e. The predicted octanol–water partition coefficient (Wildman–Crippen LogP) is 12.9. The molecule has 47 heavy (non-hydrogen) atoms. The Kier molecular flexibility index (Phi) is 38.6. The lowest BCUT2D eigenvalue weighted by atomic mass is 10.0. The Morgan fingerprint density at radius 3 is 1.32 bits per heavy atom. The molecule has 0 saturated carbocycles. The lowest BCUT2D eigenvalue weighted by Gasteiger charge is -2.15. The average Bonchev–Trinajstić information content (AvgIpc) is 3.08.